The van der Waals surface area contributed by atoms with Gasteiger partial charge in [-0.05, 0) is 43.2 Å². The molecule has 0 saturated heterocycles. The highest BCUT2D eigenvalue weighted by Crippen LogP contribution is 2.34. The van der Waals surface area contributed by atoms with E-state index in [1.807, 2.05) is 6.92 Å². The second kappa shape index (κ2) is 8.61. The maximum absolute atomic E-state index is 13.9. The number of carbonyl (C=O) groups excluding carboxylic acids is 1. The Morgan fingerprint density at radius 2 is 1.80 bits per heavy atom. The predicted octanol–water partition coefficient (Wildman–Crippen LogP) is 4.87. The molecule has 1 aromatic heterocycles. The van der Waals surface area contributed by atoms with E-state index >= 15 is 0 Å². The molecule has 1 heterocycles. The molecule has 158 valence electrons. The Kier molecular flexibility index (Phi) is 6.14. The Bertz CT molecular complexity index is 1030. The van der Waals surface area contributed by atoms with Gasteiger partial charge in [-0.1, -0.05) is 30.3 Å². The van der Waals surface area contributed by atoms with Crippen molar-refractivity contribution in [3.8, 4) is 11.4 Å². The summed E-state index contributed by atoms with van der Waals surface area (Å²) in [5.41, 5.74) is 0.0968. The molecule has 0 aliphatic heterocycles. The van der Waals surface area contributed by atoms with Crippen LogP contribution in [0.3, 0.4) is 0 Å². The summed E-state index contributed by atoms with van der Waals surface area (Å²) < 4.78 is 47.8. The highest BCUT2D eigenvalue weighted by atomic mass is 19.4. The molecule has 0 fully saturated rings. The molecule has 0 spiro atoms. The topological polar surface area (TPSA) is 47.4 Å². The number of nitrogens with zero attached hydrogens (tertiary/aromatic N) is 3. The van der Waals surface area contributed by atoms with Gasteiger partial charge in [0, 0.05) is 13.6 Å². The van der Waals surface area contributed by atoms with Gasteiger partial charge < -0.3 is 9.64 Å². The average molecular weight is 417 g/mol. The molecule has 0 atom stereocenters. The zero-order chi connectivity index (χ0) is 21.9. The van der Waals surface area contributed by atoms with E-state index in [0.717, 1.165) is 16.4 Å². The normalized spacial score (nSPS) is 11.4. The molecule has 0 radical (unpaired) electrons. The zero-order valence-electron chi connectivity index (χ0n) is 16.9. The maximum Gasteiger partial charge on any atom is 0.434 e. The van der Waals surface area contributed by atoms with Crippen molar-refractivity contribution >= 4 is 5.91 Å². The van der Waals surface area contributed by atoms with Crippen molar-refractivity contribution in [1.82, 2.24) is 14.7 Å². The first kappa shape index (κ1) is 21.4. The van der Waals surface area contributed by atoms with Crippen LogP contribution >= 0.6 is 0 Å². The Labute approximate surface area is 172 Å². The fraction of sp³-hybridized carbons (Fsp3) is 0.273. The molecule has 0 unspecified atom stereocenters. The zero-order valence-corrected chi connectivity index (χ0v) is 16.9. The first-order chi connectivity index (χ1) is 14.2. The monoisotopic (exact) mass is 417 g/mol. The predicted molar refractivity (Wildman–Crippen MR) is 107 cm³/mol. The van der Waals surface area contributed by atoms with Crippen molar-refractivity contribution in [3.05, 3.63) is 77.1 Å². The first-order valence-corrected chi connectivity index (χ1v) is 9.40. The molecule has 0 aliphatic rings. The molecule has 1 amide bonds. The number of amides is 1. The fourth-order valence-electron chi connectivity index (χ4n) is 3.17. The van der Waals surface area contributed by atoms with E-state index in [-0.39, 0.29) is 12.2 Å². The lowest BCUT2D eigenvalue weighted by molar-refractivity contribution is -0.143. The number of hydrogen-bond donors (Lipinski definition) is 0. The van der Waals surface area contributed by atoms with Crippen molar-refractivity contribution in [2.24, 2.45) is 0 Å². The third-order valence-corrected chi connectivity index (χ3v) is 4.61. The van der Waals surface area contributed by atoms with Gasteiger partial charge in [0.1, 0.15) is 5.75 Å². The van der Waals surface area contributed by atoms with Crippen LogP contribution in [0, 0.1) is 6.92 Å². The van der Waals surface area contributed by atoms with Gasteiger partial charge in [-0.25, -0.2) is 4.68 Å². The van der Waals surface area contributed by atoms with Gasteiger partial charge >= 0.3 is 6.18 Å². The van der Waals surface area contributed by atoms with E-state index in [0.29, 0.717) is 17.9 Å². The van der Waals surface area contributed by atoms with Crippen LogP contribution in [0.2, 0.25) is 0 Å². The van der Waals surface area contributed by atoms with E-state index in [9.17, 15) is 18.0 Å². The molecule has 0 saturated carbocycles. The molecule has 3 aromatic rings. The standard InChI is InChI=1S/C22H22F3N3O2/c1-4-30-17-11-9-16(10-12-17)14-27(3)21(29)18-13-26-28(20(18)22(23,24)25)19-8-6-5-7-15(19)2/h5-13H,4,14H2,1-3H3. The molecule has 0 N–H and O–H groups in total. The van der Waals surface area contributed by atoms with E-state index < -0.39 is 23.3 Å². The number of halogens is 3. The number of rotatable bonds is 6. The minimum atomic E-state index is -4.75. The number of aromatic nitrogens is 2. The number of benzene rings is 2. The second-order valence-corrected chi connectivity index (χ2v) is 6.84. The second-order valence-electron chi connectivity index (χ2n) is 6.84. The smallest absolute Gasteiger partial charge is 0.434 e. The van der Waals surface area contributed by atoms with Crippen LogP contribution in [-0.2, 0) is 12.7 Å². The Balaban J connectivity index is 1.91. The van der Waals surface area contributed by atoms with Crippen molar-refractivity contribution in [2.75, 3.05) is 13.7 Å². The van der Waals surface area contributed by atoms with Gasteiger partial charge in [0.05, 0.1) is 24.1 Å². The Morgan fingerprint density at radius 3 is 2.40 bits per heavy atom. The summed E-state index contributed by atoms with van der Waals surface area (Å²) in [7, 11) is 1.46. The quantitative estimate of drug-likeness (QED) is 0.575. The van der Waals surface area contributed by atoms with Gasteiger partial charge in [0.2, 0.25) is 0 Å². The summed E-state index contributed by atoms with van der Waals surface area (Å²) in [6.07, 6.45) is -3.77. The van der Waals surface area contributed by atoms with Gasteiger partial charge in [-0.3, -0.25) is 4.79 Å². The molecule has 30 heavy (non-hydrogen) atoms. The van der Waals surface area contributed by atoms with Crippen LogP contribution in [-0.4, -0.2) is 34.2 Å². The first-order valence-electron chi connectivity index (χ1n) is 9.40. The van der Waals surface area contributed by atoms with Crippen molar-refractivity contribution in [1.29, 1.82) is 0 Å². The van der Waals surface area contributed by atoms with Crippen LogP contribution in [0.25, 0.3) is 5.69 Å². The van der Waals surface area contributed by atoms with Crippen molar-refractivity contribution in [2.45, 2.75) is 26.6 Å². The molecule has 3 rings (SSSR count). The highest BCUT2D eigenvalue weighted by molar-refractivity contribution is 5.95. The number of aryl methyl sites for hydroxylation is 1. The summed E-state index contributed by atoms with van der Waals surface area (Å²) in [5, 5.41) is 3.89. The number of ether oxygens (including phenoxy) is 1. The summed E-state index contributed by atoms with van der Waals surface area (Å²) in [5.74, 6) is -0.0647. The molecule has 0 aliphatic carbocycles. The molecular weight excluding hydrogens is 395 g/mol. The SMILES string of the molecule is CCOc1ccc(CN(C)C(=O)c2cnn(-c3ccccc3C)c2C(F)(F)F)cc1. The van der Waals surface area contributed by atoms with E-state index in [1.165, 1.54) is 18.0 Å². The van der Waals surface area contributed by atoms with Crippen LogP contribution in [0.4, 0.5) is 13.2 Å². The lowest BCUT2D eigenvalue weighted by Gasteiger charge is -2.19. The average Bonchev–Trinajstić information content (AvgIpc) is 3.15. The Morgan fingerprint density at radius 1 is 1.13 bits per heavy atom. The maximum atomic E-state index is 13.9. The number of hydrogen-bond acceptors (Lipinski definition) is 3. The minimum Gasteiger partial charge on any atom is -0.494 e. The summed E-state index contributed by atoms with van der Waals surface area (Å²) in [6, 6.07) is 13.7. The van der Waals surface area contributed by atoms with Crippen LogP contribution in [0.1, 0.15) is 34.1 Å². The number of carbonyl (C=O) groups is 1. The summed E-state index contributed by atoms with van der Waals surface area (Å²) in [4.78, 5) is 14.1. The number of para-hydroxylation sites is 1. The van der Waals surface area contributed by atoms with Crippen molar-refractivity contribution in [3.63, 3.8) is 0 Å². The summed E-state index contributed by atoms with van der Waals surface area (Å²) in [6.45, 7) is 4.24. The molecule has 2 aromatic carbocycles. The molecule has 8 heteroatoms. The summed E-state index contributed by atoms with van der Waals surface area (Å²) >= 11 is 0. The van der Waals surface area contributed by atoms with Crippen LogP contribution in [0.15, 0.2) is 54.7 Å². The molecule has 0 bridgehead atoms. The third-order valence-electron chi connectivity index (χ3n) is 4.61. The van der Waals surface area contributed by atoms with Gasteiger partial charge in [-0.15, -0.1) is 0 Å². The fourth-order valence-corrected chi connectivity index (χ4v) is 3.17. The lowest BCUT2D eigenvalue weighted by Crippen LogP contribution is -2.28. The van der Waals surface area contributed by atoms with E-state index in [1.54, 1.807) is 49.4 Å². The lowest BCUT2D eigenvalue weighted by atomic mass is 10.1. The minimum absolute atomic E-state index is 0.151. The number of alkyl halides is 3. The van der Waals surface area contributed by atoms with Crippen LogP contribution < -0.4 is 4.74 Å². The van der Waals surface area contributed by atoms with Crippen LogP contribution in [0.5, 0.6) is 5.75 Å². The highest BCUT2D eigenvalue weighted by Gasteiger charge is 2.41. The molecular formula is C22H22F3N3O2. The largest absolute Gasteiger partial charge is 0.494 e. The Hall–Kier alpha value is -3.29. The van der Waals surface area contributed by atoms with Gasteiger partial charge in [-0.2, -0.15) is 18.3 Å². The molecule has 5 nitrogen and oxygen atoms in total. The van der Waals surface area contributed by atoms with Gasteiger partial charge in [0.25, 0.3) is 5.91 Å². The van der Waals surface area contributed by atoms with E-state index in [2.05, 4.69) is 5.10 Å². The third kappa shape index (κ3) is 4.48. The van der Waals surface area contributed by atoms with Crippen molar-refractivity contribution < 1.29 is 22.7 Å². The van der Waals surface area contributed by atoms with Gasteiger partial charge in [0.15, 0.2) is 5.69 Å². The van der Waals surface area contributed by atoms with E-state index in [4.69, 9.17) is 4.74 Å².